The van der Waals surface area contributed by atoms with Crippen molar-refractivity contribution in [3.05, 3.63) is 35.4 Å². The molecule has 3 rings (SSSR count). The number of hydrogen-bond acceptors (Lipinski definition) is 6. The molecule has 2 fully saturated rings. The van der Waals surface area contributed by atoms with Gasteiger partial charge in [-0.15, -0.1) is 0 Å². The molecular formula is C18H27N2O4P. The molecule has 0 saturated heterocycles. The van der Waals surface area contributed by atoms with Crippen molar-refractivity contribution in [2.75, 3.05) is 13.2 Å². The van der Waals surface area contributed by atoms with Crippen LogP contribution in [0.15, 0.2) is 29.4 Å². The first kappa shape index (κ1) is 18.7. The molecule has 2 aliphatic carbocycles. The molecule has 1 aromatic rings. The zero-order chi connectivity index (χ0) is 17.9. The normalized spacial score (nSPS) is 27.1. The molecule has 1 aromatic carbocycles. The molecule has 2 atom stereocenters. The molecule has 0 aliphatic heterocycles. The first-order valence-electron chi connectivity index (χ1n) is 8.82. The summed E-state index contributed by atoms with van der Waals surface area (Å²) in [5.74, 6) is 1.07. The quantitative estimate of drug-likeness (QED) is 0.373. The van der Waals surface area contributed by atoms with E-state index in [0.717, 1.165) is 37.1 Å². The van der Waals surface area contributed by atoms with Crippen LogP contribution in [0.25, 0.3) is 0 Å². The van der Waals surface area contributed by atoms with Gasteiger partial charge in [0.1, 0.15) is 6.61 Å². The van der Waals surface area contributed by atoms with E-state index in [4.69, 9.17) is 24.9 Å². The Bertz CT molecular complexity index is 604. The first-order valence-corrected chi connectivity index (χ1v) is 9.98. The van der Waals surface area contributed by atoms with Crippen molar-refractivity contribution in [1.29, 1.82) is 0 Å². The summed E-state index contributed by atoms with van der Waals surface area (Å²) in [5.41, 5.74) is 9.04. The van der Waals surface area contributed by atoms with Gasteiger partial charge in [-0.05, 0) is 62.0 Å². The average molecular weight is 366 g/mol. The first-order chi connectivity index (χ1) is 12.0. The van der Waals surface area contributed by atoms with Gasteiger partial charge in [0, 0.05) is 5.54 Å². The van der Waals surface area contributed by atoms with Crippen LogP contribution >= 0.6 is 8.60 Å². The Balaban J connectivity index is 1.55. The van der Waals surface area contributed by atoms with E-state index in [1.54, 1.807) is 0 Å². The summed E-state index contributed by atoms with van der Waals surface area (Å²) in [5, 5.41) is 4.20. The fourth-order valence-electron chi connectivity index (χ4n) is 3.33. The van der Waals surface area contributed by atoms with Crippen LogP contribution in [-0.2, 0) is 9.36 Å². The van der Waals surface area contributed by atoms with E-state index < -0.39 is 14.1 Å². The molecule has 6 nitrogen and oxygen atoms in total. The van der Waals surface area contributed by atoms with Crippen LogP contribution in [-0.4, -0.2) is 34.3 Å². The van der Waals surface area contributed by atoms with E-state index in [1.165, 1.54) is 18.4 Å². The molecule has 0 bridgehead atoms. The van der Waals surface area contributed by atoms with E-state index in [0.29, 0.717) is 11.8 Å². The molecule has 138 valence electrons. The Morgan fingerprint density at radius 2 is 2.00 bits per heavy atom. The molecule has 2 aliphatic rings. The van der Waals surface area contributed by atoms with E-state index >= 15 is 0 Å². The summed E-state index contributed by atoms with van der Waals surface area (Å²) in [4.78, 5) is 23.2. The van der Waals surface area contributed by atoms with Crippen molar-refractivity contribution in [3.8, 4) is 0 Å². The molecule has 0 radical (unpaired) electrons. The fourth-order valence-corrected chi connectivity index (χ4v) is 3.70. The van der Waals surface area contributed by atoms with Gasteiger partial charge < -0.3 is 24.9 Å². The van der Waals surface area contributed by atoms with Gasteiger partial charge in [-0.3, -0.25) is 0 Å². The van der Waals surface area contributed by atoms with E-state index in [-0.39, 0.29) is 6.61 Å². The van der Waals surface area contributed by atoms with Crippen molar-refractivity contribution in [2.45, 2.75) is 50.5 Å². The monoisotopic (exact) mass is 366 g/mol. The van der Waals surface area contributed by atoms with Crippen LogP contribution < -0.4 is 5.73 Å². The van der Waals surface area contributed by atoms with Gasteiger partial charge in [0.15, 0.2) is 0 Å². The van der Waals surface area contributed by atoms with Gasteiger partial charge >= 0.3 is 8.60 Å². The Hall–Kier alpha value is -1.04. The molecule has 2 unspecified atom stereocenters. The Kier molecular flexibility index (Phi) is 6.08. The third-order valence-corrected chi connectivity index (χ3v) is 5.48. The van der Waals surface area contributed by atoms with E-state index in [1.807, 2.05) is 6.92 Å². The Labute approximate surface area is 150 Å². The molecular weight excluding hydrogens is 339 g/mol. The highest BCUT2D eigenvalue weighted by Crippen LogP contribution is 2.41. The second kappa shape index (κ2) is 8.11. The zero-order valence-electron chi connectivity index (χ0n) is 14.6. The van der Waals surface area contributed by atoms with Crippen LogP contribution in [0.2, 0.25) is 0 Å². The number of hydrogen-bond donors (Lipinski definition) is 3. The minimum absolute atomic E-state index is 0.185. The van der Waals surface area contributed by atoms with Crippen molar-refractivity contribution in [2.24, 2.45) is 16.8 Å². The third-order valence-electron chi connectivity index (χ3n) is 5.12. The summed E-state index contributed by atoms with van der Waals surface area (Å²) in [7, 11) is -2.34. The van der Waals surface area contributed by atoms with Crippen LogP contribution in [0.3, 0.4) is 0 Å². The second-order valence-electron chi connectivity index (χ2n) is 7.37. The van der Waals surface area contributed by atoms with Gasteiger partial charge in [0.05, 0.1) is 12.3 Å². The predicted octanol–water partition coefficient (Wildman–Crippen LogP) is 3.03. The average Bonchev–Trinajstić information content (AvgIpc) is 3.34. The molecule has 7 heteroatoms. The smallest absolute Gasteiger partial charge is 0.327 e. The zero-order valence-corrected chi connectivity index (χ0v) is 15.5. The molecule has 25 heavy (non-hydrogen) atoms. The maximum atomic E-state index is 8.91. The maximum absolute atomic E-state index is 8.91. The maximum Gasteiger partial charge on any atom is 0.327 e. The number of benzene rings is 1. The number of oxime groups is 1. The van der Waals surface area contributed by atoms with Crippen molar-refractivity contribution in [1.82, 2.24) is 0 Å². The molecule has 0 amide bonds. The second-order valence-corrected chi connectivity index (χ2v) is 8.13. The highest BCUT2D eigenvalue weighted by molar-refractivity contribution is 7.39. The Morgan fingerprint density at radius 1 is 1.28 bits per heavy atom. The van der Waals surface area contributed by atoms with Crippen LogP contribution in [0.4, 0.5) is 0 Å². The topological polar surface area (TPSA) is 97.3 Å². The van der Waals surface area contributed by atoms with E-state index in [9.17, 15) is 0 Å². The summed E-state index contributed by atoms with van der Waals surface area (Å²) in [6.07, 6.45) is 5.10. The lowest BCUT2D eigenvalue weighted by Gasteiger charge is -2.24. The van der Waals surface area contributed by atoms with Gasteiger partial charge in [-0.2, -0.15) is 0 Å². The third kappa shape index (κ3) is 5.47. The lowest BCUT2D eigenvalue weighted by atomic mass is 9.93. The molecule has 0 spiro atoms. The van der Waals surface area contributed by atoms with Crippen molar-refractivity contribution >= 4 is 14.3 Å². The van der Waals surface area contributed by atoms with Crippen LogP contribution in [0.5, 0.6) is 0 Å². The summed E-state index contributed by atoms with van der Waals surface area (Å²) >= 11 is 0. The number of nitrogens with two attached hydrogens (primary N) is 1. The fraction of sp³-hybridized carbons (Fsp3) is 0.611. The minimum atomic E-state index is -2.34. The van der Waals surface area contributed by atoms with Gasteiger partial charge in [0.25, 0.3) is 0 Å². The van der Waals surface area contributed by atoms with Crippen molar-refractivity contribution < 1.29 is 19.1 Å². The molecule has 0 aromatic heterocycles. The van der Waals surface area contributed by atoms with Crippen molar-refractivity contribution in [3.63, 3.8) is 0 Å². The summed E-state index contributed by atoms with van der Waals surface area (Å²) in [6, 6.07) is 8.39. The van der Waals surface area contributed by atoms with Crippen LogP contribution in [0.1, 0.15) is 56.1 Å². The molecule has 2 saturated carbocycles. The minimum Gasteiger partial charge on any atom is -0.395 e. The Morgan fingerprint density at radius 3 is 2.64 bits per heavy atom. The largest absolute Gasteiger partial charge is 0.395 e. The van der Waals surface area contributed by atoms with E-state index in [2.05, 4.69) is 29.4 Å². The molecule has 4 N–H and O–H groups in total. The standard InChI is InChI=1S/C18H27N2O4P/c1-13(20-23-11-14-2-3-14)15-4-6-16(7-5-15)17-8-9-18(19,10-17)12-24-25(21)22/h4-7,14,17,21-22H,2-3,8-12,19H2,1H3/b20-13+. The SMILES string of the molecule is C/C(=N\OCC1CC1)c1ccc(C2CCC(N)(COP(O)O)C2)cc1. The van der Waals surface area contributed by atoms with Gasteiger partial charge in [-0.1, -0.05) is 29.4 Å². The number of rotatable bonds is 8. The molecule has 0 heterocycles. The highest BCUT2D eigenvalue weighted by Gasteiger charge is 2.37. The lowest BCUT2D eigenvalue weighted by molar-refractivity contribution is 0.134. The van der Waals surface area contributed by atoms with Crippen LogP contribution in [0, 0.1) is 5.92 Å². The van der Waals surface area contributed by atoms with Gasteiger partial charge in [0.2, 0.25) is 0 Å². The van der Waals surface area contributed by atoms with Gasteiger partial charge in [-0.25, -0.2) is 0 Å². The summed E-state index contributed by atoms with van der Waals surface area (Å²) in [6.45, 7) is 2.87. The summed E-state index contributed by atoms with van der Waals surface area (Å²) < 4.78 is 4.94. The lowest BCUT2D eigenvalue weighted by Crippen LogP contribution is -2.41. The number of nitrogens with zero attached hydrogens (tertiary/aromatic N) is 1. The predicted molar refractivity (Wildman–Crippen MR) is 98.1 cm³/mol. The highest BCUT2D eigenvalue weighted by atomic mass is 31.2.